The third kappa shape index (κ3) is 1.99. The zero-order valence-corrected chi connectivity index (χ0v) is 16.4. The maximum Gasteiger partial charge on any atom is 0.140 e. The molecule has 0 radical (unpaired) electrons. The maximum absolute atomic E-state index is 4.94. The minimum absolute atomic E-state index is 0.884. The normalized spacial score (nSPS) is 11.9. The van der Waals surface area contributed by atoms with E-state index >= 15 is 0 Å². The van der Waals surface area contributed by atoms with E-state index in [2.05, 4.69) is 59.7 Å². The van der Waals surface area contributed by atoms with Gasteiger partial charge in [0.25, 0.3) is 0 Å². The summed E-state index contributed by atoms with van der Waals surface area (Å²) in [4.78, 5) is 8.49. The number of aromatic nitrogens is 2. The highest BCUT2D eigenvalue weighted by Crippen LogP contribution is 2.41. The zero-order chi connectivity index (χ0) is 15.6. The number of benzene rings is 2. The Balaban J connectivity index is 1.96. The third-order valence-corrected chi connectivity index (χ3v) is 7.14. The SMILES string of the molecule is Brc1cccc(Br)c1-c1nc2c([nH]1)c1sccc1c1ccsc12. The van der Waals surface area contributed by atoms with E-state index in [9.17, 15) is 0 Å². The Labute approximate surface area is 156 Å². The van der Waals surface area contributed by atoms with E-state index in [1.807, 2.05) is 18.2 Å². The molecule has 3 aromatic heterocycles. The first kappa shape index (κ1) is 14.2. The van der Waals surface area contributed by atoms with Gasteiger partial charge in [0.1, 0.15) is 11.3 Å². The number of hydrogen-bond acceptors (Lipinski definition) is 3. The highest BCUT2D eigenvalue weighted by Gasteiger charge is 2.17. The van der Waals surface area contributed by atoms with E-state index in [-0.39, 0.29) is 0 Å². The number of nitrogens with one attached hydrogen (secondary N) is 1. The monoisotopic (exact) mass is 462 g/mol. The molecule has 0 atom stereocenters. The molecular formula is C17H8Br2N2S2. The largest absolute Gasteiger partial charge is 0.337 e. The van der Waals surface area contributed by atoms with E-state index in [4.69, 9.17) is 4.98 Å². The van der Waals surface area contributed by atoms with Crippen molar-refractivity contribution < 1.29 is 0 Å². The highest BCUT2D eigenvalue weighted by molar-refractivity contribution is 9.11. The molecule has 3 heterocycles. The van der Waals surface area contributed by atoms with Gasteiger partial charge in [-0.05, 0) is 66.9 Å². The summed E-state index contributed by atoms with van der Waals surface area (Å²) in [5.41, 5.74) is 3.24. The van der Waals surface area contributed by atoms with Gasteiger partial charge in [0, 0.05) is 25.3 Å². The molecule has 0 spiro atoms. The van der Waals surface area contributed by atoms with Crippen LogP contribution >= 0.6 is 54.5 Å². The number of halogens is 2. The van der Waals surface area contributed by atoms with Crippen molar-refractivity contribution in [3.8, 4) is 11.4 Å². The quantitative estimate of drug-likeness (QED) is 0.280. The van der Waals surface area contributed by atoms with E-state index in [1.54, 1.807) is 22.7 Å². The highest BCUT2D eigenvalue weighted by atomic mass is 79.9. The van der Waals surface area contributed by atoms with Crippen LogP contribution in [0.3, 0.4) is 0 Å². The van der Waals surface area contributed by atoms with Gasteiger partial charge in [-0.3, -0.25) is 0 Å². The van der Waals surface area contributed by atoms with Crippen LogP contribution in [-0.2, 0) is 0 Å². The minimum atomic E-state index is 0.884. The standard InChI is InChI=1S/C17H8Br2N2S2/c18-10-2-1-3-11(19)12(10)17-20-13-14(21-17)16-9(5-7-23-16)8-4-6-22-15(8)13/h1-7H,(H,20,21). The second-order valence-electron chi connectivity index (χ2n) is 5.23. The Morgan fingerprint density at radius 1 is 0.870 bits per heavy atom. The summed E-state index contributed by atoms with van der Waals surface area (Å²) in [5, 5.41) is 6.89. The Kier molecular flexibility index (Phi) is 3.17. The summed E-state index contributed by atoms with van der Waals surface area (Å²) < 4.78 is 4.57. The van der Waals surface area contributed by atoms with Crippen molar-refractivity contribution in [2.75, 3.05) is 0 Å². The van der Waals surface area contributed by atoms with E-state index in [1.165, 1.54) is 20.2 Å². The molecule has 0 saturated heterocycles. The first-order valence-electron chi connectivity index (χ1n) is 6.94. The molecule has 0 aliphatic heterocycles. The molecule has 1 N–H and O–H groups in total. The lowest BCUT2D eigenvalue weighted by Gasteiger charge is -2.03. The zero-order valence-electron chi connectivity index (χ0n) is 11.6. The van der Waals surface area contributed by atoms with E-state index < -0.39 is 0 Å². The predicted molar refractivity (Wildman–Crippen MR) is 108 cm³/mol. The molecule has 0 aliphatic rings. The lowest BCUT2D eigenvalue weighted by Crippen LogP contribution is -1.84. The van der Waals surface area contributed by atoms with Crippen LogP contribution in [0.4, 0.5) is 0 Å². The van der Waals surface area contributed by atoms with Gasteiger partial charge in [-0.25, -0.2) is 4.98 Å². The molecular weight excluding hydrogens is 456 g/mol. The van der Waals surface area contributed by atoms with Crippen LogP contribution in [0.15, 0.2) is 50.0 Å². The summed E-state index contributed by atoms with van der Waals surface area (Å²) >= 11 is 10.8. The van der Waals surface area contributed by atoms with Gasteiger partial charge in [0.05, 0.1) is 14.9 Å². The van der Waals surface area contributed by atoms with Crippen LogP contribution < -0.4 is 0 Å². The van der Waals surface area contributed by atoms with Crippen LogP contribution in [0.2, 0.25) is 0 Å². The summed E-state index contributed by atoms with van der Waals surface area (Å²) in [6, 6.07) is 10.5. The van der Waals surface area contributed by atoms with Crippen LogP contribution in [-0.4, -0.2) is 9.97 Å². The lowest BCUT2D eigenvalue weighted by molar-refractivity contribution is 1.32. The Morgan fingerprint density at radius 3 is 2.26 bits per heavy atom. The number of fused-ring (bicyclic) bond motifs is 6. The molecule has 112 valence electrons. The summed E-state index contributed by atoms with van der Waals surface area (Å²) in [7, 11) is 0. The first-order valence-corrected chi connectivity index (χ1v) is 10.3. The molecule has 5 aromatic rings. The fourth-order valence-electron chi connectivity index (χ4n) is 2.96. The van der Waals surface area contributed by atoms with Gasteiger partial charge < -0.3 is 4.98 Å². The number of H-pyrrole nitrogens is 1. The number of aromatic amines is 1. The Bertz CT molecular complexity index is 1110. The molecule has 0 amide bonds. The van der Waals surface area contributed by atoms with Gasteiger partial charge in [-0.2, -0.15) is 0 Å². The number of hydrogen-bond donors (Lipinski definition) is 1. The number of rotatable bonds is 1. The van der Waals surface area contributed by atoms with Gasteiger partial charge in [0.15, 0.2) is 0 Å². The average molecular weight is 464 g/mol. The molecule has 23 heavy (non-hydrogen) atoms. The first-order chi connectivity index (χ1) is 11.2. The molecule has 0 aliphatic carbocycles. The maximum atomic E-state index is 4.94. The van der Waals surface area contributed by atoms with Crippen molar-refractivity contribution in [1.29, 1.82) is 0 Å². The second kappa shape index (κ2) is 5.14. The van der Waals surface area contributed by atoms with Crippen molar-refractivity contribution >= 4 is 85.7 Å². The van der Waals surface area contributed by atoms with Crippen LogP contribution in [0.25, 0.3) is 42.6 Å². The summed E-state index contributed by atoms with van der Waals surface area (Å²) in [5.74, 6) is 0.884. The van der Waals surface area contributed by atoms with Gasteiger partial charge in [-0.15, -0.1) is 22.7 Å². The Hall–Kier alpha value is -1.21. The molecule has 0 bridgehead atoms. The van der Waals surface area contributed by atoms with Crippen molar-refractivity contribution in [3.63, 3.8) is 0 Å². The predicted octanol–water partition coefficient (Wildman–Crippen LogP) is 7.18. The van der Waals surface area contributed by atoms with Crippen molar-refractivity contribution in [2.24, 2.45) is 0 Å². The summed E-state index contributed by atoms with van der Waals surface area (Å²) in [6.45, 7) is 0. The smallest absolute Gasteiger partial charge is 0.140 e. The average Bonchev–Trinajstić information content (AvgIpc) is 3.24. The topological polar surface area (TPSA) is 28.7 Å². The van der Waals surface area contributed by atoms with Crippen molar-refractivity contribution in [3.05, 3.63) is 50.0 Å². The fraction of sp³-hybridized carbons (Fsp3) is 0. The lowest BCUT2D eigenvalue weighted by atomic mass is 10.1. The van der Waals surface area contributed by atoms with E-state index in [0.717, 1.165) is 31.4 Å². The summed E-state index contributed by atoms with van der Waals surface area (Å²) in [6.07, 6.45) is 0. The molecule has 6 heteroatoms. The van der Waals surface area contributed by atoms with Gasteiger partial charge >= 0.3 is 0 Å². The van der Waals surface area contributed by atoms with Crippen LogP contribution in [0.1, 0.15) is 0 Å². The molecule has 2 aromatic carbocycles. The van der Waals surface area contributed by atoms with Gasteiger partial charge in [0.2, 0.25) is 0 Å². The minimum Gasteiger partial charge on any atom is -0.337 e. The molecule has 5 rings (SSSR count). The fourth-order valence-corrected chi connectivity index (χ4v) is 6.15. The Morgan fingerprint density at radius 2 is 1.52 bits per heavy atom. The molecule has 0 saturated carbocycles. The second-order valence-corrected chi connectivity index (χ2v) is 8.77. The third-order valence-electron chi connectivity index (χ3n) is 3.97. The van der Waals surface area contributed by atoms with Crippen molar-refractivity contribution in [2.45, 2.75) is 0 Å². The van der Waals surface area contributed by atoms with Crippen LogP contribution in [0, 0.1) is 0 Å². The van der Waals surface area contributed by atoms with Crippen molar-refractivity contribution in [1.82, 2.24) is 9.97 Å². The van der Waals surface area contributed by atoms with Gasteiger partial charge in [-0.1, -0.05) is 6.07 Å². The van der Waals surface area contributed by atoms with E-state index in [0.29, 0.717) is 0 Å². The van der Waals surface area contributed by atoms with Crippen LogP contribution in [0.5, 0.6) is 0 Å². The molecule has 0 fully saturated rings. The number of nitrogens with zero attached hydrogens (tertiary/aromatic N) is 1. The molecule has 2 nitrogen and oxygen atoms in total. The number of thiophene rings is 2. The number of imidazole rings is 1. The molecule has 0 unspecified atom stereocenters.